The van der Waals surface area contributed by atoms with Gasteiger partial charge in [0.15, 0.2) is 13.9 Å². The molecule has 1 fully saturated rings. The van der Waals surface area contributed by atoms with Crippen molar-refractivity contribution in [3.05, 3.63) is 0 Å². The van der Waals surface area contributed by atoms with Gasteiger partial charge in [-0.25, -0.2) is 0 Å². The topological polar surface area (TPSA) is 55.8 Å². The summed E-state index contributed by atoms with van der Waals surface area (Å²) in [4.78, 5) is 11.8. The number of aliphatic hydroxyl groups excluding tert-OH is 1. The predicted molar refractivity (Wildman–Crippen MR) is 77.4 cm³/mol. The van der Waals surface area contributed by atoms with Crippen molar-refractivity contribution in [2.45, 2.75) is 77.5 Å². The van der Waals surface area contributed by atoms with Crippen molar-refractivity contribution in [1.82, 2.24) is 0 Å². The molecule has 0 radical (unpaired) electrons. The fourth-order valence-electron chi connectivity index (χ4n) is 2.02. The molecule has 0 aliphatic carbocycles. The first kappa shape index (κ1) is 16.7. The van der Waals surface area contributed by atoms with E-state index in [1.807, 2.05) is 6.92 Å². The van der Waals surface area contributed by atoms with Crippen molar-refractivity contribution in [2.75, 3.05) is 0 Å². The highest BCUT2D eigenvalue weighted by atomic mass is 28.4. The fourth-order valence-corrected chi connectivity index (χ4v) is 3.45. The molecule has 0 unspecified atom stereocenters. The number of aliphatic hydroxyl groups is 1. The van der Waals surface area contributed by atoms with Crippen LogP contribution in [0.1, 0.15) is 41.5 Å². The molecule has 1 heterocycles. The van der Waals surface area contributed by atoms with Crippen LogP contribution in [-0.4, -0.2) is 37.2 Å². The van der Waals surface area contributed by atoms with E-state index >= 15 is 0 Å². The molecule has 4 atom stereocenters. The summed E-state index contributed by atoms with van der Waals surface area (Å²) in [5, 5.41) is 10.0. The summed E-state index contributed by atoms with van der Waals surface area (Å²) in [6, 6.07) is 0. The summed E-state index contributed by atoms with van der Waals surface area (Å²) in [5.74, 6) is -0.624. The Kier molecular flexibility index (Phi) is 4.26. The summed E-state index contributed by atoms with van der Waals surface area (Å²) in [6.07, 6.45) is -1.14. The van der Waals surface area contributed by atoms with Gasteiger partial charge in [-0.1, -0.05) is 20.8 Å². The second-order valence-electron chi connectivity index (χ2n) is 7.37. The summed E-state index contributed by atoms with van der Waals surface area (Å²) < 4.78 is 11.8. The van der Waals surface area contributed by atoms with Gasteiger partial charge >= 0.3 is 5.97 Å². The third-order valence-corrected chi connectivity index (χ3v) is 9.22. The quantitative estimate of drug-likeness (QED) is 0.641. The van der Waals surface area contributed by atoms with Crippen LogP contribution in [0, 0.1) is 5.92 Å². The van der Waals surface area contributed by atoms with Gasteiger partial charge in [0, 0.05) is 0 Å². The molecule has 1 N–H and O–H groups in total. The monoisotopic (exact) mass is 288 g/mol. The van der Waals surface area contributed by atoms with Crippen molar-refractivity contribution in [3.63, 3.8) is 0 Å². The van der Waals surface area contributed by atoms with Crippen LogP contribution in [0.3, 0.4) is 0 Å². The average Bonchev–Trinajstić information content (AvgIpc) is 2.41. The van der Waals surface area contributed by atoms with Crippen LogP contribution in [0.4, 0.5) is 0 Å². The average molecular weight is 288 g/mol. The van der Waals surface area contributed by atoms with Crippen molar-refractivity contribution in [2.24, 2.45) is 5.92 Å². The molecule has 1 saturated heterocycles. The van der Waals surface area contributed by atoms with Crippen molar-refractivity contribution >= 4 is 14.3 Å². The number of carbonyl (C=O) groups is 1. The van der Waals surface area contributed by atoms with Crippen LogP contribution >= 0.6 is 0 Å². The van der Waals surface area contributed by atoms with E-state index in [0.29, 0.717) is 0 Å². The van der Waals surface area contributed by atoms with Gasteiger partial charge in [0.2, 0.25) is 0 Å². The van der Waals surface area contributed by atoms with Gasteiger partial charge < -0.3 is 14.3 Å². The van der Waals surface area contributed by atoms with Gasteiger partial charge in [-0.05, 0) is 38.9 Å². The third kappa shape index (κ3) is 2.88. The molecular formula is C14H28O4Si. The molecule has 0 aromatic rings. The Labute approximate surface area is 117 Å². The highest BCUT2D eigenvalue weighted by molar-refractivity contribution is 6.74. The molecule has 0 aromatic carbocycles. The van der Waals surface area contributed by atoms with Crippen LogP contribution < -0.4 is 0 Å². The van der Waals surface area contributed by atoms with Gasteiger partial charge in [-0.15, -0.1) is 0 Å². The normalized spacial score (nSPS) is 34.3. The lowest BCUT2D eigenvalue weighted by Crippen LogP contribution is -2.54. The lowest BCUT2D eigenvalue weighted by molar-refractivity contribution is -0.160. The zero-order valence-electron chi connectivity index (χ0n) is 13.4. The third-order valence-electron chi connectivity index (χ3n) is 4.77. The minimum absolute atomic E-state index is 0.0535. The van der Waals surface area contributed by atoms with E-state index in [-0.39, 0.29) is 23.0 Å². The molecule has 1 aliphatic rings. The second-order valence-corrected chi connectivity index (χ2v) is 12.1. The minimum atomic E-state index is -2.02. The van der Waals surface area contributed by atoms with E-state index in [1.54, 1.807) is 13.8 Å². The number of hydrogen-bond donors (Lipinski definition) is 1. The summed E-state index contributed by atoms with van der Waals surface area (Å²) in [6.45, 7) is 16.0. The molecule has 0 bridgehead atoms. The maximum atomic E-state index is 11.8. The largest absolute Gasteiger partial charge is 0.454 e. The first-order valence-corrected chi connectivity index (χ1v) is 9.82. The summed E-state index contributed by atoms with van der Waals surface area (Å²) >= 11 is 0. The number of rotatable bonds is 3. The van der Waals surface area contributed by atoms with Gasteiger partial charge in [-0.3, -0.25) is 4.79 Å². The van der Waals surface area contributed by atoms with E-state index in [2.05, 4.69) is 33.9 Å². The number of ether oxygens (including phenoxy) is 1. The lowest BCUT2D eigenvalue weighted by atomic mass is 9.89. The zero-order valence-corrected chi connectivity index (χ0v) is 14.4. The SMILES string of the molecule is C[C@@H]1C(=O)O[C@@](C)([C@H](C)O)[C@H]1O[Si](C)(C)C(C)(C)C. The van der Waals surface area contributed by atoms with E-state index in [4.69, 9.17) is 9.16 Å². The molecule has 1 rings (SSSR count). The van der Waals surface area contributed by atoms with Crippen molar-refractivity contribution in [3.8, 4) is 0 Å². The van der Waals surface area contributed by atoms with Gasteiger partial charge in [0.1, 0.15) is 6.10 Å². The second kappa shape index (κ2) is 4.86. The van der Waals surface area contributed by atoms with Gasteiger partial charge in [0.05, 0.1) is 12.0 Å². The number of carbonyl (C=O) groups excluding carboxylic acids is 1. The number of hydrogen-bond acceptors (Lipinski definition) is 4. The van der Waals surface area contributed by atoms with E-state index < -0.39 is 20.0 Å². The Morgan fingerprint density at radius 1 is 1.42 bits per heavy atom. The Hall–Kier alpha value is -0.393. The molecule has 1 aliphatic heterocycles. The molecule has 0 amide bonds. The Balaban J connectivity index is 3.06. The molecular weight excluding hydrogens is 260 g/mol. The molecule has 0 aromatic heterocycles. The van der Waals surface area contributed by atoms with Crippen LogP contribution in [0.5, 0.6) is 0 Å². The van der Waals surface area contributed by atoms with Crippen LogP contribution in [-0.2, 0) is 14.0 Å². The standard InChI is InChI=1S/C14H28O4Si/c1-9-11(18-19(7,8)13(3,4)5)14(6,10(2)15)17-12(9)16/h9-11,15H,1-8H3/t9-,10-,11-,14-/m0/s1. The zero-order chi connectivity index (χ0) is 15.2. The predicted octanol–water partition coefficient (Wildman–Crippen LogP) is 2.71. The first-order chi connectivity index (χ1) is 8.33. The maximum absolute atomic E-state index is 11.8. The van der Waals surface area contributed by atoms with Crippen LogP contribution in [0.25, 0.3) is 0 Å². The smallest absolute Gasteiger partial charge is 0.312 e. The van der Waals surface area contributed by atoms with Crippen molar-refractivity contribution in [1.29, 1.82) is 0 Å². The Morgan fingerprint density at radius 3 is 2.26 bits per heavy atom. The van der Waals surface area contributed by atoms with Crippen LogP contribution in [0.15, 0.2) is 0 Å². The van der Waals surface area contributed by atoms with Gasteiger partial charge in [0.25, 0.3) is 0 Å². The fraction of sp³-hybridized carbons (Fsp3) is 0.929. The highest BCUT2D eigenvalue weighted by Crippen LogP contribution is 2.43. The van der Waals surface area contributed by atoms with E-state index in [9.17, 15) is 9.90 Å². The molecule has 0 spiro atoms. The highest BCUT2D eigenvalue weighted by Gasteiger charge is 2.57. The van der Waals surface area contributed by atoms with Crippen molar-refractivity contribution < 1.29 is 19.1 Å². The molecule has 19 heavy (non-hydrogen) atoms. The first-order valence-electron chi connectivity index (χ1n) is 6.91. The summed E-state index contributed by atoms with van der Waals surface area (Å²) in [5.41, 5.74) is -0.952. The molecule has 112 valence electrons. The molecule has 0 saturated carbocycles. The minimum Gasteiger partial charge on any atom is -0.454 e. The van der Waals surface area contributed by atoms with Gasteiger partial charge in [-0.2, -0.15) is 0 Å². The lowest BCUT2D eigenvalue weighted by Gasteiger charge is -2.43. The molecule has 5 heteroatoms. The number of esters is 1. The maximum Gasteiger partial charge on any atom is 0.312 e. The summed E-state index contributed by atoms with van der Waals surface area (Å²) in [7, 11) is -2.02. The Morgan fingerprint density at radius 2 is 1.89 bits per heavy atom. The molecule has 4 nitrogen and oxygen atoms in total. The number of cyclic esters (lactones) is 1. The van der Waals surface area contributed by atoms with Crippen LogP contribution in [0.2, 0.25) is 18.1 Å². The van der Waals surface area contributed by atoms with E-state index in [0.717, 1.165) is 0 Å². The Bertz CT molecular complexity index is 359. The van der Waals surface area contributed by atoms with E-state index in [1.165, 1.54) is 0 Å².